The number of pyridine rings is 1. The number of nitrogens with one attached hydrogen (secondary N) is 2. The number of rotatable bonds is 3. The molecular formula is C11H11N3O3. The van der Waals surface area contributed by atoms with E-state index >= 15 is 0 Å². The monoisotopic (exact) mass is 233 g/mol. The number of H-pyrrole nitrogens is 1. The second kappa shape index (κ2) is 4.65. The molecule has 0 aliphatic carbocycles. The third-order valence-corrected chi connectivity index (χ3v) is 2.22. The Kier molecular flexibility index (Phi) is 3.04. The summed E-state index contributed by atoms with van der Waals surface area (Å²) in [5.74, 6) is -0.152. The van der Waals surface area contributed by atoms with E-state index in [0.717, 1.165) is 18.1 Å². The van der Waals surface area contributed by atoms with Gasteiger partial charge in [-0.3, -0.25) is 9.59 Å². The van der Waals surface area contributed by atoms with E-state index in [-0.39, 0.29) is 5.76 Å². The topological polar surface area (TPSA) is 88.0 Å². The third kappa shape index (κ3) is 2.60. The van der Waals surface area contributed by atoms with Crippen molar-refractivity contribution < 1.29 is 9.32 Å². The quantitative estimate of drug-likeness (QED) is 0.833. The Balaban J connectivity index is 2.15. The van der Waals surface area contributed by atoms with Crippen molar-refractivity contribution in [1.29, 1.82) is 0 Å². The summed E-state index contributed by atoms with van der Waals surface area (Å²) < 4.78 is 4.68. The van der Waals surface area contributed by atoms with Gasteiger partial charge >= 0.3 is 0 Å². The van der Waals surface area contributed by atoms with Crippen LogP contribution in [0.2, 0.25) is 0 Å². The molecule has 17 heavy (non-hydrogen) atoms. The maximum absolute atomic E-state index is 11.6. The van der Waals surface area contributed by atoms with Crippen molar-refractivity contribution in [3.05, 3.63) is 46.1 Å². The average molecular weight is 233 g/mol. The van der Waals surface area contributed by atoms with Crippen molar-refractivity contribution in [3.8, 4) is 0 Å². The number of carbonyl (C=O) groups is 1. The van der Waals surface area contributed by atoms with Crippen LogP contribution in [0.4, 0.5) is 5.82 Å². The Morgan fingerprint density at radius 1 is 1.53 bits per heavy atom. The molecule has 0 saturated heterocycles. The lowest BCUT2D eigenvalue weighted by Crippen LogP contribution is -2.12. The molecule has 0 aliphatic rings. The Hall–Kier alpha value is -2.37. The summed E-state index contributed by atoms with van der Waals surface area (Å²) >= 11 is 0. The number of nitrogens with zero attached hydrogens (tertiary/aromatic N) is 1. The van der Waals surface area contributed by atoms with Crippen LogP contribution in [0, 0.1) is 0 Å². The van der Waals surface area contributed by atoms with Gasteiger partial charge in [0.05, 0.1) is 6.07 Å². The molecule has 2 rings (SSSR count). The van der Waals surface area contributed by atoms with Crippen LogP contribution in [-0.4, -0.2) is 16.0 Å². The highest BCUT2D eigenvalue weighted by molar-refractivity contribution is 6.01. The van der Waals surface area contributed by atoms with Crippen LogP contribution in [0.1, 0.15) is 23.0 Å². The first-order chi connectivity index (χ1) is 8.19. The number of carbonyl (C=O) groups excluding carboxylic acids is 1. The van der Waals surface area contributed by atoms with Gasteiger partial charge in [-0.15, -0.1) is 0 Å². The summed E-state index contributed by atoms with van der Waals surface area (Å²) in [6.45, 7) is 2.01. The van der Waals surface area contributed by atoms with Crippen molar-refractivity contribution in [1.82, 2.24) is 10.1 Å². The minimum Gasteiger partial charge on any atom is -0.373 e. The van der Waals surface area contributed by atoms with E-state index in [1.165, 1.54) is 0 Å². The van der Waals surface area contributed by atoms with Crippen LogP contribution in [0.15, 0.2) is 33.7 Å². The van der Waals surface area contributed by atoms with E-state index < -0.39 is 11.5 Å². The smallest absolute Gasteiger partial charge is 0.295 e. The highest BCUT2D eigenvalue weighted by Gasteiger charge is 2.11. The van der Waals surface area contributed by atoms with Crippen molar-refractivity contribution >= 4 is 11.7 Å². The zero-order chi connectivity index (χ0) is 12.3. The van der Waals surface area contributed by atoms with Gasteiger partial charge in [0.25, 0.3) is 11.5 Å². The molecule has 2 aromatic rings. The van der Waals surface area contributed by atoms with E-state index in [4.69, 9.17) is 0 Å². The first-order valence-corrected chi connectivity index (χ1v) is 5.14. The Bertz CT molecular complexity index is 585. The van der Waals surface area contributed by atoms with Gasteiger partial charge in [-0.2, -0.15) is 5.16 Å². The summed E-state index contributed by atoms with van der Waals surface area (Å²) in [5.41, 5.74) is 0.608. The van der Waals surface area contributed by atoms with Gasteiger partial charge in [0, 0.05) is 6.20 Å². The Morgan fingerprint density at radius 3 is 3.00 bits per heavy atom. The van der Waals surface area contributed by atoms with Crippen molar-refractivity contribution in [2.75, 3.05) is 5.32 Å². The molecule has 2 N–H and O–H groups in total. The van der Waals surface area contributed by atoms with E-state index in [0.29, 0.717) is 5.82 Å². The highest BCUT2D eigenvalue weighted by atomic mass is 16.5. The maximum atomic E-state index is 11.6. The lowest BCUT2D eigenvalue weighted by Gasteiger charge is -2.03. The summed E-state index contributed by atoms with van der Waals surface area (Å²) in [6, 6.07) is 4.72. The maximum Gasteiger partial charge on any atom is 0.295 e. The van der Waals surface area contributed by atoms with Gasteiger partial charge in [-0.25, -0.2) is 4.98 Å². The molecule has 0 unspecified atom stereocenters. The number of aromatic amines is 1. The molecule has 6 heteroatoms. The van der Waals surface area contributed by atoms with Crippen molar-refractivity contribution in [2.24, 2.45) is 0 Å². The second-order valence-corrected chi connectivity index (χ2v) is 3.43. The predicted octanol–water partition coefficient (Wildman–Crippen LogP) is 1.18. The largest absolute Gasteiger partial charge is 0.373 e. The zero-order valence-electron chi connectivity index (χ0n) is 9.19. The molecule has 0 fully saturated rings. The van der Waals surface area contributed by atoms with Crippen LogP contribution in [0.25, 0.3) is 0 Å². The van der Waals surface area contributed by atoms with Crippen molar-refractivity contribution in [2.45, 2.75) is 13.3 Å². The first-order valence-electron chi connectivity index (χ1n) is 5.14. The minimum atomic E-state index is -0.510. The van der Waals surface area contributed by atoms with Crippen LogP contribution in [-0.2, 0) is 6.42 Å². The van der Waals surface area contributed by atoms with Gasteiger partial charge in [0.1, 0.15) is 5.82 Å². The van der Waals surface area contributed by atoms with Crippen molar-refractivity contribution in [3.63, 3.8) is 0 Å². The Morgan fingerprint density at radius 2 is 2.35 bits per heavy atom. The van der Waals surface area contributed by atoms with Crippen LogP contribution in [0.5, 0.6) is 0 Å². The molecule has 6 nitrogen and oxygen atoms in total. The average Bonchev–Trinajstić information content (AvgIpc) is 2.76. The molecular weight excluding hydrogens is 222 g/mol. The molecule has 0 aliphatic heterocycles. The van der Waals surface area contributed by atoms with E-state index in [2.05, 4.69) is 14.8 Å². The van der Waals surface area contributed by atoms with Crippen LogP contribution >= 0.6 is 0 Å². The summed E-state index contributed by atoms with van der Waals surface area (Å²) in [7, 11) is 0. The zero-order valence-corrected chi connectivity index (χ0v) is 9.19. The molecule has 2 heterocycles. The van der Waals surface area contributed by atoms with Gasteiger partial charge < -0.3 is 9.84 Å². The van der Waals surface area contributed by atoms with Gasteiger partial charge in [-0.05, 0) is 24.1 Å². The molecule has 0 radical (unpaired) electrons. The van der Waals surface area contributed by atoms with E-state index in [9.17, 15) is 9.59 Å². The standard InChI is InChI=1S/C11H11N3O3/c1-2-7-3-4-12-9(5-7)13-11(16)8-6-10(15)14-17-8/h3-6H,2H2,1H3,(H,14,15)(H,12,13,16). The number of amides is 1. The highest BCUT2D eigenvalue weighted by Crippen LogP contribution is 2.08. The second-order valence-electron chi connectivity index (χ2n) is 3.43. The normalized spacial score (nSPS) is 10.2. The fourth-order valence-corrected chi connectivity index (χ4v) is 1.34. The Labute approximate surface area is 96.6 Å². The summed E-state index contributed by atoms with van der Waals surface area (Å²) in [6.07, 6.45) is 2.46. The first kappa shape index (κ1) is 11.1. The lowest BCUT2D eigenvalue weighted by atomic mass is 10.2. The molecule has 0 aromatic carbocycles. The summed E-state index contributed by atoms with van der Waals surface area (Å²) in [4.78, 5) is 26.4. The van der Waals surface area contributed by atoms with Gasteiger partial charge in [0.15, 0.2) is 0 Å². The predicted molar refractivity (Wildman–Crippen MR) is 60.9 cm³/mol. The van der Waals surface area contributed by atoms with Gasteiger partial charge in [0.2, 0.25) is 5.76 Å². The van der Waals surface area contributed by atoms with Gasteiger partial charge in [-0.1, -0.05) is 6.92 Å². The van der Waals surface area contributed by atoms with E-state index in [1.54, 1.807) is 12.3 Å². The fraction of sp³-hybridized carbons (Fsp3) is 0.182. The molecule has 0 bridgehead atoms. The van der Waals surface area contributed by atoms with E-state index in [1.807, 2.05) is 18.1 Å². The third-order valence-electron chi connectivity index (χ3n) is 2.22. The molecule has 2 aromatic heterocycles. The molecule has 0 saturated carbocycles. The fourth-order valence-electron chi connectivity index (χ4n) is 1.34. The number of anilines is 1. The molecule has 0 spiro atoms. The van der Waals surface area contributed by atoms with Crippen LogP contribution in [0.3, 0.4) is 0 Å². The number of aryl methyl sites for hydroxylation is 1. The molecule has 0 atom stereocenters. The number of aromatic nitrogens is 2. The molecule has 88 valence electrons. The van der Waals surface area contributed by atoms with Crippen LogP contribution < -0.4 is 10.9 Å². The summed E-state index contributed by atoms with van der Waals surface area (Å²) in [5, 5.41) is 4.59. The SMILES string of the molecule is CCc1ccnc(NC(=O)c2cc(=O)[nH]o2)c1. The number of hydrogen-bond acceptors (Lipinski definition) is 4. The minimum absolute atomic E-state index is 0.0706. The molecule has 1 amide bonds. The lowest BCUT2D eigenvalue weighted by molar-refractivity contribution is 0.0987. The number of hydrogen-bond donors (Lipinski definition) is 2.